The molecule has 202 valence electrons. The molecule has 0 aliphatic carbocycles. The van der Waals surface area contributed by atoms with Crippen LogP contribution in [0, 0.1) is 20.4 Å². The number of benzene rings is 6. The monoisotopic (exact) mass is 584 g/mol. The molecule has 0 spiro atoms. The summed E-state index contributed by atoms with van der Waals surface area (Å²) in [6.07, 6.45) is 0. The fourth-order valence-electron chi connectivity index (χ4n) is 6.78. The van der Waals surface area contributed by atoms with Crippen molar-refractivity contribution in [2.75, 3.05) is 0 Å². The van der Waals surface area contributed by atoms with E-state index in [2.05, 4.69) is 126 Å². The molecule has 0 aliphatic rings. The van der Waals surface area contributed by atoms with E-state index in [0.29, 0.717) is 5.69 Å². The summed E-state index contributed by atoms with van der Waals surface area (Å²) in [7, 11) is 0. The molecule has 9 rings (SSSR count). The molecule has 0 radical (unpaired) electrons. The summed E-state index contributed by atoms with van der Waals surface area (Å²) in [6, 6.07) is 39.8. The first kappa shape index (κ1) is 24.6. The van der Waals surface area contributed by atoms with Crippen LogP contribution in [0.25, 0.3) is 83.8 Å². The van der Waals surface area contributed by atoms with E-state index < -0.39 is 0 Å². The topological polar surface area (TPSA) is 9.29 Å². The maximum atomic E-state index is 8.02. The van der Waals surface area contributed by atoms with E-state index in [4.69, 9.17) is 6.57 Å². The second-order valence-corrected chi connectivity index (χ2v) is 13.5. The highest BCUT2D eigenvalue weighted by molar-refractivity contribution is 7.27. The summed E-state index contributed by atoms with van der Waals surface area (Å²) < 4.78 is 7.28. The van der Waals surface area contributed by atoms with Crippen LogP contribution >= 0.6 is 22.7 Å². The van der Waals surface area contributed by atoms with Crippen LogP contribution in [0.4, 0.5) is 5.69 Å². The standard InChI is InChI=1S/C39H24N2S2/c1-22-11-17-32-29(19-22)30-20-23(2)12-18-33(30)41(32)34-9-6-8-28-37-25(15-16-31(40-3)39(37)43-38(28)34)24-13-14-27-26-7-4-5-10-35(26)42-36(27)21-24/h4-21H,1-2H3. The third-order valence-corrected chi connectivity index (χ3v) is 11.1. The minimum absolute atomic E-state index is 0.710. The molecule has 43 heavy (non-hydrogen) atoms. The average Bonchev–Trinajstić information content (AvgIpc) is 3.70. The number of hydrogen-bond donors (Lipinski definition) is 0. The molecular weight excluding hydrogens is 561 g/mol. The zero-order chi connectivity index (χ0) is 28.8. The Morgan fingerprint density at radius 1 is 0.581 bits per heavy atom. The van der Waals surface area contributed by atoms with Crippen LogP contribution in [0.15, 0.2) is 109 Å². The Morgan fingerprint density at radius 3 is 2.07 bits per heavy atom. The van der Waals surface area contributed by atoms with Gasteiger partial charge >= 0.3 is 0 Å². The molecule has 6 aromatic carbocycles. The molecule has 9 aromatic rings. The fraction of sp³-hybridized carbons (Fsp3) is 0.0513. The number of rotatable bonds is 2. The molecular formula is C39H24N2S2. The maximum Gasteiger partial charge on any atom is 0.204 e. The summed E-state index contributed by atoms with van der Waals surface area (Å²) in [5.41, 5.74) is 9.17. The van der Waals surface area contributed by atoms with Crippen molar-refractivity contribution in [1.29, 1.82) is 0 Å². The highest BCUT2D eigenvalue weighted by Gasteiger charge is 2.20. The Morgan fingerprint density at radius 2 is 1.30 bits per heavy atom. The van der Waals surface area contributed by atoms with Crippen molar-refractivity contribution in [2.45, 2.75) is 13.8 Å². The van der Waals surface area contributed by atoms with Crippen molar-refractivity contribution in [3.05, 3.63) is 132 Å². The SMILES string of the molecule is [C-]#[N+]c1ccc(-c2ccc3c(c2)sc2ccccc23)c2c1sc1c(-n3c4ccc(C)cc4c4cc(C)ccc43)cccc12. The first-order valence-electron chi connectivity index (χ1n) is 14.4. The van der Waals surface area contributed by atoms with Gasteiger partial charge in [0.15, 0.2) is 0 Å². The molecule has 0 fully saturated rings. The Kier molecular flexibility index (Phi) is 5.17. The Labute approximate surface area is 256 Å². The second kappa shape index (κ2) is 9.02. The summed E-state index contributed by atoms with van der Waals surface area (Å²) in [6.45, 7) is 12.3. The lowest BCUT2D eigenvalue weighted by molar-refractivity contribution is 1.20. The third-order valence-electron chi connectivity index (χ3n) is 8.73. The van der Waals surface area contributed by atoms with Gasteiger partial charge in [-0.3, -0.25) is 0 Å². The average molecular weight is 585 g/mol. The van der Waals surface area contributed by atoms with Gasteiger partial charge in [-0.2, -0.15) is 0 Å². The molecule has 0 saturated carbocycles. The molecule has 0 bridgehead atoms. The van der Waals surface area contributed by atoms with Gasteiger partial charge in [-0.25, -0.2) is 4.85 Å². The molecule has 3 heterocycles. The molecule has 0 saturated heterocycles. The van der Waals surface area contributed by atoms with Crippen molar-refractivity contribution < 1.29 is 0 Å². The molecule has 3 aromatic heterocycles. The van der Waals surface area contributed by atoms with Gasteiger partial charge in [0.25, 0.3) is 0 Å². The largest absolute Gasteiger partial charge is 0.308 e. The van der Waals surface area contributed by atoms with E-state index in [0.717, 1.165) is 10.4 Å². The van der Waals surface area contributed by atoms with Crippen molar-refractivity contribution in [1.82, 2.24) is 4.57 Å². The van der Waals surface area contributed by atoms with Crippen LogP contribution in [0.2, 0.25) is 0 Å². The Balaban J connectivity index is 1.36. The lowest BCUT2D eigenvalue weighted by atomic mass is 9.97. The predicted octanol–water partition coefficient (Wildman–Crippen LogP) is 12.4. The number of fused-ring (bicyclic) bond motifs is 9. The summed E-state index contributed by atoms with van der Waals surface area (Å²) >= 11 is 3.59. The minimum atomic E-state index is 0.710. The fourth-order valence-corrected chi connectivity index (χ4v) is 9.22. The number of thiophene rings is 2. The van der Waals surface area contributed by atoms with E-state index in [1.807, 2.05) is 17.4 Å². The van der Waals surface area contributed by atoms with Crippen molar-refractivity contribution in [2.24, 2.45) is 0 Å². The van der Waals surface area contributed by atoms with Crippen LogP contribution in [0.3, 0.4) is 0 Å². The third kappa shape index (κ3) is 3.50. The quantitative estimate of drug-likeness (QED) is 0.179. The first-order valence-corrected chi connectivity index (χ1v) is 16.0. The number of aromatic nitrogens is 1. The minimum Gasteiger partial charge on any atom is -0.308 e. The second-order valence-electron chi connectivity index (χ2n) is 11.4. The van der Waals surface area contributed by atoms with Gasteiger partial charge in [0.2, 0.25) is 5.69 Å². The van der Waals surface area contributed by atoms with E-state index in [-0.39, 0.29) is 0 Å². The summed E-state index contributed by atoms with van der Waals surface area (Å²) in [5.74, 6) is 0. The van der Waals surface area contributed by atoms with Crippen molar-refractivity contribution in [3.8, 4) is 16.8 Å². The van der Waals surface area contributed by atoms with Crippen molar-refractivity contribution in [3.63, 3.8) is 0 Å². The normalized spacial score (nSPS) is 11.9. The molecule has 4 heteroatoms. The Hall–Kier alpha value is -4.95. The Bertz CT molecular complexity index is 2600. The van der Waals surface area contributed by atoms with Crippen LogP contribution in [-0.4, -0.2) is 4.57 Å². The van der Waals surface area contributed by atoms with E-state index >= 15 is 0 Å². The van der Waals surface area contributed by atoms with Crippen LogP contribution < -0.4 is 0 Å². The molecule has 0 N–H and O–H groups in total. The predicted molar refractivity (Wildman–Crippen MR) is 188 cm³/mol. The number of aryl methyl sites for hydroxylation is 2. The molecule has 2 nitrogen and oxygen atoms in total. The van der Waals surface area contributed by atoms with Crippen molar-refractivity contribution >= 4 is 90.5 Å². The first-order chi connectivity index (χ1) is 21.1. The molecule has 0 atom stereocenters. The molecule has 0 amide bonds. The van der Waals surface area contributed by atoms with Gasteiger partial charge in [0, 0.05) is 41.0 Å². The maximum absolute atomic E-state index is 8.02. The summed E-state index contributed by atoms with van der Waals surface area (Å²) in [4.78, 5) is 3.97. The zero-order valence-electron chi connectivity index (χ0n) is 23.6. The van der Waals surface area contributed by atoms with Gasteiger partial charge in [-0.1, -0.05) is 77.9 Å². The molecule has 0 aliphatic heterocycles. The smallest absolute Gasteiger partial charge is 0.204 e. The zero-order valence-corrected chi connectivity index (χ0v) is 25.2. The van der Waals surface area contributed by atoms with Gasteiger partial charge in [0.1, 0.15) is 0 Å². The van der Waals surface area contributed by atoms with E-state index in [1.54, 1.807) is 11.3 Å². The van der Waals surface area contributed by atoms with Gasteiger partial charge < -0.3 is 4.57 Å². The summed E-state index contributed by atoms with van der Waals surface area (Å²) in [5, 5.41) is 7.52. The van der Waals surface area contributed by atoms with Crippen LogP contribution in [0.1, 0.15) is 11.1 Å². The van der Waals surface area contributed by atoms with E-state index in [1.165, 1.54) is 79.7 Å². The van der Waals surface area contributed by atoms with Gasteiger partial charge in [-0.15, -0.1) is 22.7 Å². The van der Waals surface area contributed by atoms with Gasteiger partial charge in [0.05, 0.1) is 28.0 Å². The highest BCUT2D eigenvalue weighted by Crippen LogP contribution is 2.48. The van der Waals surface area contributed by atoms with Gasteiger partial charge in [-0.05, 0) is 72.8 Å². The number of nitrogens with zero attached hydrogens (tertiary/aromatic N) is 2. The lowest BCUT2D eigenvalue weighted by Gasteiger charge is -2.10. The highest BCUT2D eigenvalue weighted by atomic mass is 32.1. The molecule has 0 unspecified atom stereocenters. The van der Waals surface area contributed by atoms with Crippen LogP contribution in [0.5, 0.6) is 0 Å². The lowest BCUT2D eigenvalue weighted by Crippen LogP contribution is -1.94. The van der Waals surface area contributed by atoms with E-state index in [9.17, 15) is 0 Å². The number of hydrogen-bond acceptors (Lipinski definition) is 2. The van der Waals surface area contributed by atoms with Crippen LogP contribution in [-0.2, 0) is 0 Å².